The van der Waals surface area contributed by atoms with Crippen LogP contribution in [0.4, 0.5) is 11.4 Å². The monoisotopic (exact) mass is 242 g/mol. The number of nitrogen functional groups attached to an aromatic ring is 1. The van der Waals surface area contributed by atoms with Gasteiger partial charge in [0.15, 0.2) is 0 Å². The Labute approximate surface area is 96.9 Å². The zero-order valence-electron chi connectivity index (χ0n) is 10.0. The number of rotatable bonds is 3. The van der Waals surface area contributed by atoms with Crippen LogP contribution in [-0.2, 0) is 10.0 Å². The predicted molar refractivity (Wildman–Crippen MR) is 68.0 cm³/mol. The van der Waals surface area contributed by atoms with Crippen molar-refractivity contribution in [1.82, 2.24) is 0 Å². The maximum Gasteiger partial charge on any atom is 0.235 e. The van der Waals surface area contributed by atoms with Gasteiger partial charge < -0.3 is 5.73 Å². The second kappa shape index (κ2) is 4.33. The van der Waals surface area contributed by atoms with E-state index < -0.39 is 15.3 Å². The summed E-state index contributed by atoms with van der Waals surface area (Å²) in [5, 5.41) is -0.463. The quantitative estimate of drug-likeness (QED) is 0.797. The van der Waals surface area contributed by atoms with Crippen molar-refractivity contribution < 1.29 is 8.42 Å². The Morgan fingerprint density at radius 1 is 1.25 bits per heavy atom. The largest absolute Gasteiger partial charge is 0.398 e. The third-order valence-electron chi connectivity index (χ3n) is 2.61. The SMILES string of the molecule is Cc1ccc(NS(=O)(=O)C(C)C)c(C)c1N. The molecule has 5 heteroatoms. The Bertz CT molecular complexity index is 493. The van der Waals surface area contributed by atoms with Crippen LogP contribution in [0.1, 0.15) is 25.0 Å². The van der Waals surface area contributed by atoms with Crippen LogP contribution in [0.3, 0.4) is 0 Å². The molecule has 0 radical (unpaired) electrons. The van der Waals surface area contributed by atoms with Crippen molar-refractivity contribution in [2.24, 2.45) is 0 Å². The zero-order chi connectivity index (χ0) is 12.5. The van der Waals surface area contributed by atoms with Gasteiger partial charge >= 0.3 is 0 Å². The molecule has 0 fully saturated rings. The summed E-state index contributed by atoms with van der Waals surface area (Å²) in [6.45, 7) is 6.97. The van der Waals surface area contributed by atoms with E-state index in [2.05, 4.69) is 4.72 Å². The summed E-state index contributed by atoms with van der Waals surface area (Å²) < 4.78 is 25.9. The van der Waals surface area contributed by atoms with Crippen LogP contribution in [-0.4, -0.2) is 13.7 Å². The Hall–Kier alpha value is -1.23. The number of hydrogen-bond donors (Lipinski definition) is 2. The maximum absolute atomic E-state index is 11.7. The molecule has 0 aliphatic heterocycles. The van der Waals surface area contributed by atoms with Gasteiger partial charge in [-0.15, -0.1) is 0 Å². The van der Waals surface area contributed by atoms with Crippen molar-refractivity contribution in [2.75, 3.05) is 10.5 Å². The highest BCUT2D eigenvalue weighted by Gasteiger charge is 2.17. The smallest absolute Gasteiger partial charge is 0.235 e. The molecule has 90 valence electrons. The topological polar surface area (TPSA) is 72.2 Å². The average Bonchev–Trinajstić information content (AvgIpc) is 2.19. The van der Waals surface area contributed by atoms with Gasteiger partial charge in [0.1, 0.15) is 0 Å². The lowest BCUT2D eigenvalue weighted by Gasteiger charge is -2.15. The van der Waals surface area contributed by atoms with E-state index in [1.807, 2.05) is 6.92 Å². The first kappa shape index (κ1) is 12.8. The second-order valence-corrected chi connectivity index (χ2v) is 6.40. The molecule has 1 rings (SSSR count). The van der Waals surface area contributed by atoms with Gasteiger partial charge in [-0.25, -0.2) is 8.42 Å². The number of nitrogens with one attached hydrogen (secondary N) is 1. The molecule has 0 atom stereocenters. The fourth-order valence-electron chi connectivity index (χ4n) is 1.25. The summed E-state index contributed by atoms with van der Waals surface area (Å²) in [7, 11) is -3.31. The van der Waals surface area contributed by atoms with Crippen LogP contribution in [0.25, 0.3) is 0 Å². The number of anilines is 2. The molecular formula is C11H18N2O2S. The lowest BCUT2D eigenvalue weighted by molar-refractivity contribution is 0.592. The number of nitrogens with two attached hydrogens (primary N) is 1. The van der Waals surface area contributed by atoms with Gasteiger partial charge in [-0.1, -0.05) is 6.07 Å². The highest BCUT2D eigenvalue weighted by molar-refractivity contribution is 7.93. The van der Waals surface area contributed by atoms with Crippen LogP contribution in [0.2, 0.25) is 0 Å². The molecule has 1 aromatic rings. The van der Waals surface area contributed by atoms with Crippen LogP contribution in [0.15, 0.2) is 12.1 Å². The summed E-state index contributed by atoms with van der Waals surface area (Å²) >= 11 is 0. The van der Waals surface area contributed by atoms with Crippen LogP contribution < -0.4 is 10.5 Å². The normalized spacial score (nSPS) is 11.8. The standard InChI is InChI=1S/C11H18N2O2S/c1-7(2)16(14,15)13-10-6-5-8(3)11(12)9(10)4/h5-7,13H,12H2,1-4H3. The summed E-state index contributed by atoms with van der Waals surface area (Å²) in [4.78, 5) is 0. The molecule has 0 aliphatic rings. The van der Waals surface area contributed by atoms with Crippen LogP contribution >= 0.6 is 0 Å². The molecule has 1 aromatic carbocycles. The van der Waals surface area contributed by atoms with Gasteiger partial charge in [0.05, 0.1) is 10.9 Å². The molecule has 0 bridgehead atoms. The highest BCUT2D eigenvalue weighted by atomic mass is 32.2. The van der Waals surface area contributed by atoms with E-state index in [9.17, 15) is 8.42 Å². The minimum absolute atomic E-state index is 0.463. The first-order valence-corrected chi connectivity index (χ1v) is 6.67. The third-order valence-corrected chi connectivity index (χ3v) is 4.35. The zero-order valence-corrected chi connectivity index (χ0v) is 10.9. The molecule has 0 unspecified atom stereocenters. The highest BCUT2D eigenvalue weighted by Crippen LogP contribution is 2.25. The number of benzene rings is 1. The van der Waals surface area contributed by atoms with Crippen molar-refractivity contribution in [3.63, 3.8) is 0 Å². The summed E-state index contributed by atoms with van der Waals surface area (Å²) in [5.74, 6) is 0. The van der Waals surface area contributed by atoms with Crippen molar-refractivity contribution in [1.29, 1.82) is 0 Å². The van der Waals surface area contributed by atoms with Gasteiger partial charge in [0.25, 0.3) is 0 Å². The summed E-state index contributed by atoms with van der Waals surface area (Å²) in [6.07, 6.45) is 0. The molecule has 0 aromatic heterocycles. The lowest BCUT2D eigenvalue weighted by Crippen LogP contribution is -2.23. The summed E-state index contributed by atoms with van der Waals surface area (Å²) in [6, 6.07) is 3.54. The van der Waals surface area contributed by atoms with E-state index in [1.54, 1.807) is 32.9 Å². The van der Waals surface area contributed by atoms with E-state index >= 15 is 0 Å². The molecule has 0 aliphatic carbocycles. The Balaban J connectivity index is 3.14. The maximum atomic E-state index is 11.7. The molecule has 0 spiro atoms. The molecule has 3 N–H and O–H groups in total. The Morgan fingerprint density at radius 2 is 1.81 bits per heavy atom. The Kier molecular flexibility index (Phi) is 3.48. The fraction of sp³-hybridized carbons (Fsp3) is 0.455. The molecule has 4 nitrogen and oxygen atoms in total. The van der Waals surface area contributed by atoms with Gasteiger partial charge in [-0.3, -0.25) is 4.72 Å². The van der Waals surface area contributed by atoms with Gasteiger partial charge in [0.2, 0.25) is 10.0 Å². The average molecular weight is 242 g/mol. The minimum atomic E-state index is -3.31. The molecule has 0 saturated heterocycles. The van der Waals surface area contributed by atoms with Gasteiger partial charge in [0, 0.05) is 5.69 Å². The predicted octanol–water partition coefficient (Wildman–Crippen LogP) is 2.04. The van der Waals surface area contributed by atoms with E-state index in [0.717, 1.165) is 11.1 Å². The number of sulfonamides is 1. The second-order valence-electron chi connectivity index (χ2n) is 4.16. The van der Waals surface area contributed by atoms with Crippen molar-refractivity contribution in [2.45, 2.75) is 32.9 Å². The van der Waals surface area contributed by atoms with E-state index in [1.165, 1.54) is 0 Å². The minimum Gasteiger partial charge on any atom is -0.398 e. The van der Waals surface area contributed by atoms with Gasteiger partial charge in [-0.2, -0.15) is 0 Å². The fourth-order valence-corrected chi connectivity index (χ4v) is 2.01. The number of aryl methyl sites for hydroxylation is 1. The molecule has 0 heterocycles. The van der Waals surface area contributed by atoms with Crippen molar-refractivity contribution in [3.8, 4) is 0 Å². The van der Waals surface area contributed by atoms with E-state index in [4.69, 9.17) is 5.73 Å². The third kappa shape index (κ3) is 2.47. The van der Waals surface area contributed by atoms with E-state index in [-0.39, 0.29) is 0 Å². The molecule has 16 heavy (non-hydrogen) atoms. The molecular weight excluding hydrogens is 224 g/mol. The van der Waals surface area contributed by atoms with Crippen molar-refractivity contribution >= 4 is 21.4 Å². The van der Waals surface area contributed by atoms with Crippen molar-refractivity contribution in [3.05, 3.63) is 23.3 Å². The van der Waals surface area contributed by atoms with Crippen LogP contribution in [0.5, 0.6) is 0 Å². The van der Waals surface area contributed by atoms with Gasteiger partial charge in [-0.05, 0) is 44.9 Å². The first-order chi connectivity index (χ1) is 7.25. The summed E-state index contributed by atoms with van der Waals surface area (Å²) in [5.41, 5.74) is 8.74. The molecule has 0 amide bonds. The lowest BCUT2D eigenvalue weighted by atomic mass is 10.1. The van der Waals surface area contributed by atoms with Crippen LogP contribution in [0, 0.1) is 13.8 Å². The molecule has 0 saturated carbocycles. The Morgan fingerprint density at radius 3 is 2.31 bits per heavy atom. The number of hydrogen-bond acceptors (Lipinski definition) is 3. The first-order valence-electron chi connectivity index (χ1n) is 5.13. The van der Waals surface area contributed by atoms with E-state index in [0.29, 0.717) is 11.4 Å².